The van der Waals surface area contributed by atoms with Gasteiger partial charge in [0.05, 0.1) is 11.4 Å². The molecule has 1 N–H and O–H groups in total. The fraction of sp³-hybridized carbons (Fsp3) is 0.435. The number of sulfonamides is 1. The van der Waals surface area contributed by atoms with E-state index in [0.29, 0.717) is 63.8 Å². The van der Waals surface area contributed by atoms with Crippen molar-refractivity contribution in [3.63, 3.8) is 0 Å². The van der Waals surface area contributed by atoms with Gasteiger partial charge in [0.1, 0.15) is 25.6 Å². The van der Waals surface area contributed by atoms with E-state index in [2.05, 4.69) is 5.32 Å². The number of benzene rings is 2. The normalized spacial score (nSPS) is 17.0. The number of nitrogens with zero attached hydrogens (tertiary/aromatic N) is 1. The Morgan fingerprint density at radius 1 is 1.06 bits per heavy atom. The number of fused-ring (bicyclic) bond motifs is 1. The molecule has 0 atom stereocenters. The van der Waals surface area contributed by atoms with Crippen LogP contribution in [0.25, 0.3) is 0 Å². The molecule has 0 radical (unpaired) electrons. The van der Waals surface area contributed by atoms with Crippen molar-refractivity contribution in [2.24, 2.45) is 5.92 Å². The van der Waals surface area contributed by atoms with Crippen LogP contribution in [-0.4, -0.2) is 58.1 Å². The van der Waals surface area contributed by atoms with Crippen molar-refractivity contribution < 1.29 is 27.4 Å². The minimum atomic E-state index is -3.65. The number of aryl methyl sites for hydroxylation is 1. The SMILES string of the molecule is Cc1ccc(OCCNC(=O)C2CCN(S(=O)(=O)c3ccc4c(c3)OCCO4)CC2)cc1. The number of ether oxygens (including phenoxy) is 3. The summed E-state index contributed by atoms with van der Waals surface area (Å²) in [7, 11) is -3.65. The van der Waals surface area contributed by atoms with Gasteiger partial charge in [0, 0.05) is 25.1 Å². The summed E-state index contributed by atoms with van der Waals surface area (Å²) in [6.07, 6.45) is 0.961. The molecule has 1 saturated heterocycles. The molecule has 0 aliphatic carbocycles. The zero-order valence-corrected chi connectivity index (χ0v) is 18.9. The number of hydrogen-bond donors (Lipinski definition) is 1. The van der Waals surface area contributed by atoms with Gasteiger partial charge in [-0.05, 0) is 44.0 Å². The maximum Gasteiger partial charge on any atom is 0.243 e. The Bertz CT molecular complexity index is 1050. The molecule has 8 nitrogen and oxygen atoms in total. The smallest absolute Gasteiger partial charge is 0.243 e. The molecule has 2 aliphatic heterocycles. The molecule has 4 rings (SSSR count). The Kier molecular flexibility index (Phi) is 6.86. The van der Waals surface area contributed by atoms with Crippen LogP contribution in [0.15, 0.2) is 47.4 Å². The number of carbonyl (C=O) groups excluding carboxylic acids is 1. The molecule has 0 aromatic heterocycles. The average molecular weight is 461 g/mol. The summed E-state index contributed by atoms with van der Waals surface area (Å²) in [6, 6.07) is 12.4. The highest BCUT2D eigenvalue weighted by Gasteiger charge is 2.32. The fourth-order valence-corrected chi connectivity index (χ4v) is 5.30. The highest BCUT2D eigenvalue weighted by atomic mass is 32.2. The summed E-state index contributed by atoms with van der Waals surface area (Å²) in [4.78, 5) is 12.7. The van der Waals surface area contributed by atoms with E-state index in [9.17, 15) is 13.2 Å². The van der Waals surface area contributed by atoms with Crippen LogP contribution in [0.1, 0.15) is 18.4 Å². The molecule has 32 heavy (non-hydrogen) atoms. The molecule has 1 amide bonds. The molecule has 0 bridgehead atoms. The van der Waals surface area contributed by atoms with Crippen LogP contribution in [0.4, 0.5) is 0 Å². The van der Waals surface area contributed by atoms with Crippen LogP contribution >= 0.6 is 0 Å². The van der Waals surface area contributed by atoms with Crippen LogP contribution in [-0.2, 0) is 14.8 Å². The third-order valence-corrected chi connectivity index (χ3v) is 7.56. The molecule has 0 saturated carbocycles. The lowest BCUT2D eigenvalue weighted by atomic mass is 9.97. The van der Waals surface area contributed by atoms with E-state index < -0.39 is 10.0 Å². The monoisotopic (exact) mass is 460 g/mol. The molecule has 0 spiro atoms. The van der Waals surface area contributed by atoms with E-state index in [4.69, 9.17) is 14.2 Å². The summed E-state index contributed by atoms with van der Waals surface area (Å²) < 4.78 is 44.1. The quantitative estimate of drug-likeness (QED) is 0.638. The molecule has 2 aliphatic rings. The van der Waals surface area contributed by atoms with Crippen LogP contribution < -0.4 is 19.5 Å². The van der Waals surface area contributed by atoms with Crippen molar-refractivity contribution in [1.29, 1.82) is 0 Å². The van der Waals surface area contributed by atoms with Crippen molar-refractivity contribution in [2.75, 3.05) is 39.5 Å². The number of nitrogens with one attached hydrogen (secondary N) is 1. The highest BCUT2D eigenvalue weighted by molar-refractivity contribution is 7.89. The number of rotatable bonds is 7. The van der Waals surface area contributed by atoms with Gasteiger partial charge in [0.15, 0.2) is 11.5 Å². The number of amides is 1. The first-order valence-electron chi connectivity index (χ1n) is 10.8. The maximum atomic E-state index is 13.0. The van der Waals surface area contributed by atoms with Crippen LogP contribution in [0.3, 0.4) is 0 Å². The second-order valence-electron chi connectivity index (χ2n) is 7.94. The molecule has 2 heterocycles. The van der Waals surface area contributed by atoms with Gasteiger partial charge in [-0.1, -0.05) is 17.7 Å². The van der Waals surface area contributed by atoms with E-state index in [0.717, 1.165) is 11.3 Å². The maximum absolute atomic E-state index is 13.0. The Morgan fingerprint density at radius 2 is 1.75 bits per heavy atom. The minimum absolute atomic E-state index is 0.0612. The van der Waals surface area contributed by atoms with Gasteiger partial charge >= 0.3 is 0 Å². The third-order valence-electron chi connectivity index (χ3n) is 5.67. The Morgan fingerprint density at radius 3 is 2.47 bits per heavy atom. The standard InChI is InChI=1S/C23H28N2O6S/c1-17-2-4-19(5-3-17)29-13-10-24-23(26)18-8-11-25(12-9-18)32(27,28)20-6-7-21-22(16-20)31-15-14-30-21/h2-7,16,18H,8-15H2,1H3,(H,24,26). The zero-order chi connectivity index (χ0) is 22.6. The van der Waals surface area contributed by atoms with Crippen molar-refractivity contribution in [2.45, 2.75) is 24.7 Å². The van der Waals surface area contributed by atoms with Gasteiger partial charge in [-0.25, -0.2) is 8.42 Å². The van der Waals surface area contributed by atoms with E-state index in [1.807, 2.05) is 31.2 Å². The van der Waals surface area contributed by atoms with E-state index in [-0.39, 0.29) is 16.7 Å². The first kappa shape index (κ1) is 22.4. The zero-order valence-electron chi connectivity index (χ0n) is 18.1. The Hall–Kier alpha value is -2.78. The minimum Gasteiger partial charge on any atom is -0.492 e. The molecular weight excluding hydrogens is 432 g/mol. The van der Waals surface area contributed by atoms with Crippen LogP contribution in [0.5, 0.6) is 17.2 Å². The lowest BCUT2D eigenvalue weighted by Crippen LogP contribution is -2.43. The Balaban J connectivity index is 1.25. The predicted octanol–water partition coefficient (Wildman–Crippen LogP) is 2.36. The van der Waals surface area contributed by atoms with E-state index in [1.54, 1.807) is 6.07 Å². The average Bonchev–Trinajstić information content (AvgIpc) is 2.82. The van der Waals surface area contributed by atoms with Crippen LogP contribution in [0.2, 0.25) is 0 Å². The Labute approximate surface area is 188 Å². The molecule has 1 fully saturated rings. The molecule has 2 aromatic rings. The summed E-state index contributed by atoms with van der Waals surface area (Å²) in [5.74, 6) is 1.49. The van der Waals surface area contributed by atoms with E-state index >= 15 is 0 Å². The summed E-state index contributed by atoms with van der Waals surface area (Å²) in [5, 5.41) is 2.89. The van der Waals surface area contributed by atoms with Gasteiger partial charge in [0.2, 0.25) is 15.9 Å². The van der Waals surface area contributed by atoms with Crippen molar-refractivity contribution >= 4 is 15.9 Å². The van der Waals surface area contributed by atoms with Crippen molar-refractivity contribution in [1.82, 2.24) is 9.62 Å². The second kappa shape index (κ2) is 9.79. The van der Waals surface area contributed by atoms with E-state index in [1.165, 1.54) is 16.4 Å². The summed E-state index contributed by atoms with van der Waals surface area (Å²) in [6.45, 7) is 4.24. The molecular formula is C23H28N2O6S. The molecule has 9 heteroatoms. The number of piperidine rings is 1. The number of hydrogen-bond acceptors (Lipinski definition) is 6. The summed E-state index contributed by atoms with van der Waals surface area (Å²) in [5.41, 5.74) is 1.16. The fourth-order valence-electron chi connectivity index (χ4n) is 3.81. The topological polar surface area (TPSA) is 94.2 Å². The van der Waals surface area contributed by atoms with Gasteiger partial charge in [0.25, 0.3) is 0 Å². The predicted molar refractivity (Wildman–Crippen MR) is 119 cm³/mol. The van der Waals surface area contributed by atoms with Gasteiger partial charge in [-0.3, -0.25) is 4.79 Å². The largest absolute Gasteiger partial charge is 0.492 e. The number of carbonyl (C=O) groups is 1. The van der Waals surface area contributed by atoms with Gasteiger partial charge in [-0.2, -0.15) is 4.31 Å². The molecule has 2 aromatic carbocycles. The molecule has 172 valence electrons. The molecule has 0 unspecified atom stereocenters. The highest BCUT2D eigenvalue weighted by Crippen LogP contribution is 2.34. The van der Waals surface area contributed by atoms with Crippen molar-refractivity contribution in [3.05, 3.63) is 48.0 Å². The van der Waals surface area contributed by atoms with Gasteiger partial charge in [-0.15, -0.1) is 0 Å². The second-order valence-corrected chi connectivity index (χ2v) is 9.87. The lowest BCUT2D eigenvalue weighted by Gasteiger charge is -2.30. The first-order valence-corrected chi connectivity index (χ1v) is 12.2. The lowest BCUT2D eigenvalue weighted by molar-refractivity contribution is -0.126. The third kappa shape index (κ3) is 5.16. The van der Waals surface area contributed by atoms with Gasteiger partial charge < -0.3 is 19.5 Å². The van der Waals surface area contributed by atoms with Crippen molar-refractivity contribution in [3.8, 4) is 17.2 Å². The first-order chi connectivity index (χ1) is 15.4. The van der Waals surface area contributed by atoms with Crippen LogP contribution in [0, 0.1) is 12.8 Å². The summed E-state index contributed by atoms with van der Waals surface area (Å²) >= 11 is 0.